The minimum atomic E-state index is -0.165. The summed E-state index contributed by atoms with van der Waals surface area (Å²) in [7, 11) is 1.96. The molecule has 0 bridgehead atoms. The van der Waals surface area contributed by atoms with E-state index in [0.717, 1.165) is 29.6 Å². The molecule has 0 spiro atoms. The van der Waals surface area contributed by atoms with Gasteiger partial charge in [0.2, 0.25) is 5.91 Å². The van der Waals surface area contributed by atoms with Crippen LogP contribution in [0.4, 0.5) is 0 Å². The monoisotopic (exact) mass is 372 g/mol. The fourth-order valence-corrected chi connectivity index (χ4v) is 4.58. The number of thioether (sulfide) groups is 1. The van der Waals surface area contributed by atoms with Gasteiger partial charge in [-0.3, -0.25) is 4.79 Å². The second-order valence-electron chi connectivity index (χ2n) is 7.68. The summed E-state index contributed by atoms with van der Waals surface area (Å²) in [6, 6.07) is 8.25. The van der Waals surface area contributed by atoms with Crippen molar-refractivity contribution >= 4 is 17.7 Å². The molecule has 3 atom stereocenters. The van der Waals surface area contributed by atoms with Crippen molar-refractivity contribution < 1.29 is 4.79 Å². The van der Waals surface area contributed by atoms with Gasteiger partial charge in [0.15, 0.2) is 11.0 Å². The van der Waals surface area contributed by atoms with Crippen molar-refractivity contribution in [2.75, 3.05) is 13.1 Å². The van der Waals surface area contributed by atoms with Gasteiger partial charge in [-0.15, -0.1) is 10.2 Å². The lowest BCUT2D eigenvalue weighted by atomic mass is 9.92. The van der Waals surface area contributed by atoms with E-state index in [0.29, 0.717) is 11.8 Å². The Bertz CT molecular complexity index is 761. The number of aromatic nitrogens is 3. The molecule has 0 N–H and O–H groups in total. The van der Waals surface area contributed by atoms with Gasteiger partial charge in [-0.25, -0.2) is 0 Å². The molecule has 1 aliphatic rings. The van der Waals surface area contributed by atoms with Crippen LogP contribution < -0.4 is 0 Å². The van der Waals surface area contributed by atoms with E-state index in [1.807, 2.05) is 23.4 Å². The predicted molar refractivity (Wildman–Crippen MR) is 106 cm³/mol. The number of carbonyl (C=O) groups excluding carboxylic acids is 1. The van der Waals surface area contributed by atoms with Gasteiger partial charge in [-0.05, 0) is 32.1 Å². The van der Waals surface area contributed by atoms with Gasteiger partial charge in [0.25, 0.3) is 0 Å². The first kappa shape index (κ1) is 19.0. The zero-order valence-electron chi connectivity index (χ0n) is 16.3. The van der Waals surface area contributed by atoms with Crippen LogP contribution in [-0.4, -0.2) is 43.9 Å². The Morgan fingerprint density at radius 2 is 1.77 bits per heavy atom. The average molecular weight is 373 g/mol. The van der Waals surface area contributed by atoms with Crippen molar-refractivity contribution in [2.24, 2.45) is 18.9 Å². The highest BCUT2D eigenvalue weighted by molar-refractivity contribution is 8.00. The first-order valence-corrected chi connectivity index (χ1v) is 10.1. The predicted octanol–water partition coefficient (Wildman–Crippen LogP) is 3.78. The van der Waals surface area contributed by atoms with Crippen LogP contribution in [-0.2, 0) is 11.8 Å². The standard InChI is InChI=1S/C20H28N4OS/c1-13-6-8-17(9-7-13)18-21-22-20(23(18)5)26-16(4)19(25)24-11-14(2)10-15(3)12-24/h6-9,14-16H,10-12H2,1-5H3. The highest BCUT2D eigenvalue weighted by atomic mass is 32.2. The van der Waals surface area contributed by atoms with E-state index in [1.165, 1.54) is 23.7 Å². The number of amides is 1. The van der Waals surface area contributed by atoms with Crippen LogP contribution in [0.3, 0.4) is 0 Å². The van der Waals surface area contributed by atoms with Crippen molar-refractivity contribution in [3.63, 3.8) is 0 Å². The third-order valence-corrected chi connectivity index (χ3v) is 6.08. The van der Waals surface area contributed by atoms with Crippen molar-refractivity contribution in [1.29, 1.82) is 0 Å². The largest absolute Gasteiger partial charge is 0.341 e. The Morgan fingerprint density at radius 3 is 2.38 bits per heavy atom. The molecular formula is C20H28N4OS. The summed E-state index contributed by atoms with van der Waals surface area (Å²) in [6.45, 7) is 10.2. The number of hydrogen-bond acceptors (Lipinski definition) is 4. The molecule has 6 heteroatoms. The summed E-state index contributed by atoms with van der Waals surface area (Å²) in [5.41, 5.74) is 2.25. The van der Waals surface area contributed by atoms with Gasteiger partial charge in [0, 0.05) is 25.7 Å². The summed E-state index contributed by atoms with van der Waals surface area (Å²) in [5.74, 6) is 2.17. The Labute approximate surface area is 160 Å². The summed E-state index contributed by atoms with van der Waals surface area (Å²) in [6.07, 6.45) is 1.20. The van der Waals surface area contributed by atoms with Gasteiger partial charge in [-0.2, -0.15) is 0 Å². The fraction of sp³-hybridized carbons (Fsp3) is 0.550. The molecular weight excluding hydrogens is 344 g/mol. The molecule has 1 aromatic carbocycles. The number of piperidine rings is 1. The third kappa shape index (κ3) is 4.11. The number of benzene rings is 1. The average Bonchev–Trinajstić information content (AvgIpc) is 2.95. The number of carbonyl (C=O) groups is 1. The molecule has 0 saturated carbocycles. The molecule has 1 aliphatic heterocycles. The molecule has 140 valence electrons. The van der Waals surface area contributed by atoms with Gasteiger partial charge in [0.05, 0.1) is 5.25 Å². The minimum absolute atomic E-state index is 0.165. The highest BCUT2D eigenvalue weighted by Gasteiger charge is 2.29. The first-order valence-electron chi connectivity index (χ1n) is 9.27. The van der Waals surface area contributed by atoms with Crippen LogP contribution in [0.25, 0.3) is 11.4 Å². The number of nitrogens with zero attached hydrogens (tertiary/aromatic N) is 4. The normalized spacial score (nSPS) is 21.7. The lowest BCUT2D eigenvalue weighted by molar-refractivity contribution is -0.132. The second-order valence-corrected chi connectivity index (χ2v) is 8.99. The van der Waals surface area contributed by atoms with E-state index in [4.69, 9.17) is 0 Å². The van der Waals surface area contributed by atoms with Crippen molar-refractivity contribution in [2.45, 2.75) is 44.5 Å². The molecule has 0 radical (unpaired) electrons. The van der Waals surface area contributed by atoms with Crippen LogP contribution in [0.2, 0.25) is 0 Å². The third-order valence-electron chi connectivity index (χ3n) is 4.96. The highest BCUT2D eigenvalue weighted by Crippen LogP contribution is 2.28. The maximum Gasteiger partial charge on any atom is 0.235 e. The lowest BCUT2D eigenvalue weighted by Crippen LogP contribution is -2.45. The Hall–Kier alpha value is -1.82. The molecule has 0 aliphatic carbocycles. The summed E-state index contributed by atoms with van der Waals surface area (Å²) >= 11 is 1.49. The number of likely N-dealkylation sites (tertiary alicyclic amines) is 1. The fourth-order valence-electron chi connectivity index (χ4n) is 3.68. The van der Waals surface area contributed by atoms with E-state index in [2.05, 4.69) is 55.2 Å². The first-order chi connectivity index (χ1) is 12.3. The Balaban J connectivity index is 1.70. The van der Waals surface area contributed by atoms with Crippen LogP contribution in [0, 0.1) is 18.8 Å². The zero-order valence-corrected chi connectivity index (χ0v) is 17.1. The van der Waals surface area contributed by atoms with Crippen molar-refractivity contribution in [1.82, 2.24) is 19.7 Å². The van der Waals surface area contributed by atoms with Gasteiger partial charge in [0.1, 0.15) is 0 Å². The quantitative estimate of drug-likeness (QED) is 0.767. The molecule has 3 rings (SSSR count). The molecule has 5 nitrogen and oxygen atoms in total. The van der Waals surface area contributed by atoms with Crippen LogP contribution >= 0.6 is 11.8 Å². The molecule has 1 saturated heterocycles. The number of aryl methyl sites for hydroxylation is 1. The smallest absolute Gasteiger partial charge is 0.235 e. The topological polar surface area (TPSA) is 51.0 Å². The van der Waals surface area contributed by atoms with Crippen LogP contribution in [0.1, 0.15) is 32.8 Å². The second kappa shape index (κ2) is 7.82. The van der Waals surface area contributed by atoms with E-state index in [9.17, 15) is 4.79 Å². The zero-order chi connectivity index (χ0) is 18.8. The molecule has 2 aromatic rings. The minimum Gasteiger partial charge on any atom is -0.341 e. The van der Waals surface area contributed by atoms with Crippen LogP contribution in [0.5, 0.6) is 0 Å². The molecule has 3 unspecified atom stereocenters. The number of rotatable bonds is 4. The summed E-state index contributed by atoms with van der Waals surface area (Å²) in [4.78, 5) is 14.9. The maximum atomic E-state index is 12.9. The van der Waals surface area contributed by atoms with Crippen molar-refractivity contribution in [3.05, 3.63) is 29.8 Å². The van der Waals surface area contributed by atoms with E-state index >= 15 is 0 Å². The van der Waals surface area contributed by atoms with Gasteiger partial charge < -0.3 is 9.47 Å². The van der Waals surface area contributed by atoms with Gasteiger partial charge in [-0.1, -0.05) is 55.4 Å². The maximum absolute atomic E-state index is 12.9. The Morgan fingerprint density at radius 1 is 1.15 bits per heavy atom. The van der Waals surface area contributed by atoms with Crippen molar-refractivity contribution in [3.8, 4) is 11.4 Å². The Kier molecular flexibility index (Phi) is 5.70. The van der Waals surface area contributed by atoms with Crippen LogP contribution in [0.15, 0.2) is 29.4 Å². The lowest BCUT2D eigenvalue weighted by Gasteiger charge is -2.36. The van der Waals surface area contributed by atoms with E-state index < -0.39 is 0 Å². The molecule has 2 heterocycles. The summed E-state index contributed by atoms with van der Waals surface area (Å²) < 4.78 is 1.97. The molecule has 1 fully saturated rings. The molecule has 1 amide bonds. The molecule has 26 heavy (non-hydrogen) atoms. The summed E-state index contributed by atoms with van der Waals surface area (Å²) in [5, 5.41) is 9.26. The van der Waals surface area contributed by atoms with E-state index in [-0.39, 0.29) is 11.2 Å². The van der Waals surface area contributed by atoms with Gasteiger partial charge >= 0.3 is 0 Å². The number of hydrogen-bond donors (Lipinski definition) is 0. The molecule has 1 aromatic heterocycles. The van der Waals surface area contributed by atoms with E-state index in [1.54, 1.807) is 0 Å². The SMILES string of the molecule is Cc1ccc(-c2nnc(SC(C)C(=O)N3CC(C)CC(C)C3)n2C)cc1.